The Balaban J connectivity index is 1.56. The van der Waals surface area contributed by atoms with Crippen molar-refractivity contribution < 1.29 is 14.3 Å². The summed E-state index contributed by atoms with van der Waals surface area (Å²) in [5.74, 6) is 0.406. The van der Waals surface area contributed by atoms with Crippen LogP contribution in [0, 0.1) is 0 Å². The van der Waals surface area contributed by atoms with E-state index in [-0.39, 0.29) is 17.9 Å². The van der Waals surface area contributed by atoms with Gasteiger partial charge in [-0.15, -0.1) is 11.3 Å². The maximum absolute atomic E-state index is 13.0. The van der Waals surface area contributed by atoms with Crippen LogP contribution < -0.4 is 15.4 Å². The number of benzene rings is 2. The van der Waals surface area contributed by atoms with Crippen molar-refractivity contribution in [2.24, 2.45) is 0 Å². The fourth-order valence-corrected chi connectivity index (χ4v) is 3.82. The number of nitrogens with one attached hydrogen (secondary N) is 2. The lowest BCUT2D eigenvalue weighted by Crippen LogP contribution is -2.46. The summed E-state index contributed by atoms with van der Waals surface area (Å²) < 4.78 is 5.89. The van der Waals surface area contributed by atoms with E-state index in [1.165, 1.54) is 11.3 Å². The summed E-state index contributed by atoms with van der Waals surface area (Å²) in [5.41, 5.74) is -0.108. The monoisotopic (exact) mass is 394 g/mol. The number of carbonyl (C=O) groups excluding carboxylic acids is 2. The number of hydrogen-bond acceptors (Lipinski definition) is 4. The molecule has 1 saturated carbocycles. The third-order valence-corrected chi connectivity index (χ3v) is 5.65. The van der Waals surface area contributed by atoms with Gasteiger partial charge in [-0.25, -0.2) is 0 Å². The highest BCUT2D eigenvalue weighted by Crippen LogP contribution is 2.39. The molecule has 28 heavy (non-hydrogen) atoms. The predicted molar refractivity (Wildman–Crippen MR) is 112 cm³/mol. The third kappa shape index (κ3) is 3.60. The molecule has 0 aliphatic heterocycles. The molecular weight excluding hydrogens is 372 g/mol. The Morgan fingerprint density at radius 3 is 2.43 bits per heavy atom. The van der Waals surface area contributed by atoms with Gasteiger partial charge in [-0.3, -0.25) is 9.59 Å². The van der Waals surface area contributed by atoms with Gasteiger partial charge in [-0.05, 0) is 50.3 Å². The summed E-state index contributed by atoms with van der Waals surface area (Å²) >= 11 is 1.37. The van der Waals surface area contributed by atoms with Crippen LogP contribution in [0.1, 0.15) is 36.4 Å². The Kier molecular flexibility index (Phi) is 4.81. The number of thiophene rings is 1. The highest BCUT2D eigenvalue weighted by molar-refractivity contribution is 7.12. The average Bonchev–Trinajstić information content (AvgIpc) is 3.25. The fourth-order valence-electron chi connectivity index (χ4n) is 3.20. The molecule has 1 aliphatic carbocycles. The van der Waals surface area contributed by atoms with Gasteiger partial charge in [0.1, 0.15) is 11.3 Å². The Bertz CT molecular complexity index is 1020. The number of carbonyl (C=O) groups is 2. The van der Waals surface area contributed by atoms with E-state index in [0.717, 1.165) is 16.5 Å². The second kappa shape index (κ2) is 7.28. The van der Waals surface area contributed by atoms with Crippen LogP contribution in [0.2, 0.25) is 0 Å². The Labute approximate surface area is 167 Å². The van der Waals surface area contributed by atoms with Crippen LogP contribution in [0.15, 0.2) is 53.9 Å². The molecule has 0 unspecified atom stereocenters. The van der Waals surface area contributed by atoms with Crippen LogP contribution in [0.3, 0.4) is 0 Å². The molecule has 2 amide bonds. The van der Waals surface area contributed by atoms with Crippen molar-refractivity contribution in [3.05, 3.63) is 58.8 Å². The van der Waals surface area contributed by atoms with Gasteiger partial charge in [0.25, 0.3) is 5.91 Å². The quantitative estimate of drug-likeness (QED) is 0.643. The maximum Gasteiger partial charge on any atom is 0.262 e. The summed E-state index contributed by atoms with van der Waals surface area (Å²) in [6.07, 6.45) is 1.34. The lowest BCUT2D eigenvalue weighted by atomic mass is 10.1. The van der Waals surface area contributed by atoms with Gasteiger partial charge in [-0.1, -0.05) is 30.3 Å². The first-order chi connectivity index (χ1) is 13.5. The smallest absolute Gasteiger partial charge is 0.262 e. The van der Waals surface area contributed by atoms with Crippen molar-refractivity contribution in [1.82, 2.24) is 5.32 Å². The molecule has 144 valence electrons. The van der Waals surface area contributed by atoms with E-state index in [2.05, 4.69) is 10.6 Å². The first-order valence-electron chi connectivity index (χ1n) is 9.34. The van der Waals surface area contributed by atoms with E-state index in [0.29, 0.717) is 23.4 Å². The number of anilines is 1. The van der Waals surface area contributed by atoms with Crippen molar-refractivity contribution in [2.45, 2.75) is 38.3 Å². The summed E-state index contributed by atoms with van der Waals surface area (Å²) in [6.45, 7) is 3.97. The summed E-state index contributed by atoms with van der Waals surface area (Å²) in [4.78, 5) is 25.9. The van der Waals surface area contributed by atoms with Crippen molar-refractivity contribution >= 4 is 39.6 Å². The molecule has 1 aromatic heterocycles. The number of amides is 2. The molecule has 0 bridgehead atoms. The van der Waals surface area contributed by atoms with E-state index >= 15 is 0 Å². The normalized spacial score (nSPS) is 14.7. The molecule has 5 nitrogen and oxygen atoms in total. The molecule has 0 spiro atoms. The first-order valence-corrected chi connectivity index (χ1v) is 10.2. The van der Waals surface area contributed by atoms with Crippen LogP contribution in [0.5, 0.6) is 5.75 Å². The Morgan fingerprint density at radius 1 is 1.04 bits per heavy atom. The molecule has 0 atom stereocenters. The van der Waals surface area contributed by atoms with Crippen molar-refractivity contribution in [3.8, 4) is 5.75 Å². The van der Waals surface area contributed by atoms with E-state index in [1.54, 1.807) is 6.07 Å². The largest absolute Gasteiger partial charge is 0.490 e. The van der Waals surface area contributed by atoms with Gasteiger partial charge in [-0.2, -0.15) is 0 Å². The molecule has 1 fully saturated rings. The average molecular weight is 394 g/mol. The minimum absolute atomic E-state index is 0.0612. The number of fused-ring (bicyclic) bond motifs is 1. The first kappa shape index (κ1) is 18.5. The minimum atomic E-state index is -0.824. The van der Waals surface area contributed by atoms with Crippen LogP contribution >= 0.6 is 11.3 Å². The van der Waals surface area contributed by atoms with Gasteiger partial charge in [0.15, 0.2) is 0 Å². The number of rotatable bonds is 6. The van der Waals surface area contributed by atoms with Gasteiger partial charge in [0, 0.05) is 16.5 Å². The van der Waals surface area contributed by atoms with Crippen LogP contribution in [-0.2, 0) is 4.79 Å². The molecule has 6 heteroatoms. The van der Waals surface area contributed by atoms with Crippen LogP contribution in [-0.4, -0.2) is 23.5 Å². The maximum atomic E-state index is 13.0. The Morgan fingerprint density at radius 2 is 1.79 bits per heavy atom. The zero-order chi connectivity index (χ0) is 19.7. The van der Waals surface area contributed by atoms with E-state index in [9.17, 15) is 9.59 Å². The SMILES string of the molecule is CC(C)Oc1ccc(NC(=O)C2(NC(=O)c3cccs3)CC2)c2ccccc12. The summed E-state index contributed by atoms with van der Waals surface area (Å²) in [7, 11) is 0. The molecule has 0 radical (unpaired) electrons. The second-order valence-electron chi connectivity index (χ2n) is 7.29. The van der Waals surface area contributed by atoms with E-state index in [4.69, 9.17) is 4.74 Å². The molecule has 4 rings (SSSR count). The topological polar surface area (TPSA) is 67.4 Å². The van der Waals surface area contributed by atoms with Crippen molar-refractivity contribution in [1.29, 1.82) is 0 Å². The lowest BCUT2D eigenvalue weighted by Gasteiger charge is -2.19. The summed E-state index contributed by atoms with van der Waals surface area (Å²) in [5, 5.41) is 9.63. The number of hydrogen-bond donors (Lipinski definition) is 2. The number of ether oxygens (including phenoxy) is 1. The summed E-state index contributed by atoms with van der Waals surface area (Å²) in [6, 6.07) is 15.1. The molecule has 0 saturated heterocycles. The highest BCUT2D eigenvalue weighted by Gasteiger charge is 2.51. The van der Waals surface area contributed by atoms with E-state index < -0.39 is 5.54 Å². The predicted octanol–water partition coefficient (Wildman–Crippen LogP) is 4.59. The molecular formula is C22H22N2O3S. The molecule has 1 aliphatic rings. The third-order valence-electron chi connectivity index (χ3n) is 4.78. The van der Waals surface area contributed by atoms with E-state index in [1.807, 2.05) is 61.7 Å². The van der Waals surface area contributed by atoms with Gasteiger partial charge in [0.05, 0.1) is 11.0 Å². The van der Waals surface area contributed by atoms with Crippen molar-refractivity contribution in [2.75, 3.05) is 5.32 Å². The zero-order valence-electron chi connectivity index (χ0n) is 15.8. The fraction of sp³-hybridized carbons (Fsp3) is 0.273. The van der Waals surface area contributed by atoms with Crippen LogP contribution in [0.4, 0.5) is 5.69 Å². The van der Waals surface area contributed by atoms with Crippen molar-refractivity contribution in [3.63, 3.8) is 0 Å². The molecule has 1 heterocycles. The Hall–Kier alpha value is -2.86. The molecule has 2 aromatic carbocycles. The van der Waals surface area contributed by atoms with Gasteiger partial charge in [0.2, 0.25) is 5.91 Å². The van der Waals surface area contributed by atoms with Gasteiger partial charge < -0.3 is 15.4 Å². The zero-order valence-corrected chi connectivity index (χ0v) is 16.6. The minimum Gasteiger partial charge on any atom is -0.490 e. The second-order valence-corrected chi connectivity index (χ2v) is 8.24. The lowest BCUT2D eigenvalue weighted by molar-refractivity contribution is -0.118. The van der Waals surface area contributed by atoms with Gasteiger partial charge >= 0.3 is 0 Å². The highest BCUT2D eigenvalue weighted by atomic mass is 32.1. The molecule has 2 N–H and O–H groups in total. The van der Waals surface area contributed by atoms with Crippen LogP contribution in [0.25, 0.3) is 10.8 Å². The standard InChI is InChI=1S/C22H22N2O3S/c1-14(2)27-18-10-9-17(15-6-3-4-7-16(15)18)23-21(26)22(11-12-22)24-20(25)19-8-5-13-28-19/h3-10,13-14H,11-12H2,1-2H3,(H,23,26)(H,24,25). The molecule has 3 aromatic rings.